The smallest absolute Gasteiger partial charge is 0.148 e. The number of fused-ring (bicyclic) bond motifs is 1. The maximum atomic E-state index is 6.11. The zero-order valence-corrected chi connectivity index (χ0v) is 14.1. The Hall–Kier alpha value is -1.75. The highest BCUT2D eigenvalue weighted by atomic mass is 35.5. The monoisotopic (exact) mass is 350 g/mol. The molecule has 0 spiro atoms. The van der Waals surface area contributed by atoms with Crippen molar-refractivity contribution in [3.63, 3.8) is 0 Å². The molecule has 0 unspecified atom stereocenters. The molecule has 0 aliphatic rings. The molecule has 23 heavy (non-hydrogen) atoms. The van der Waals surface area contributed by atoms with E-state index in [1.54, 1.807) is 19.2 Å². The molecule has 0 aliphatic carbocycles. The topological polar surface area (TPSA) is 36.3 Å². The average Bonchev–Trinajstić information content (AvgIpc) is 2.89. The van der Waals surface area contributed by atoms with Crippen molar-refractivity contribution in [2.75, 3.05) is 13.7 Å². The van der Waals surface area contributed by atoms with Crippen LogP contribution in [0.4, 0.5) is 0 Å². The van der Waals surface area contributed by atoms with Gasteiger partial charge in [-0.2, -0.15) is 0 Å². The Kier molecular flexibility index (Phi) is 5.06. The van der Waals surface area contributed by atoms with E-state index < -0.39 is 0 Å². The van der Waals surface area contributed by atoms with E-state index in [1.165, 1.54) is 0 Å². The lowest BCUT2D eigenvalue weighted by atomic mass is 10.3. The molecule has 0 saturated heterocycles. The average molecular weight is 351 g/mol. The number of hydrogen-bond acceptors (Lipinski definition) is 3. The fourth-order valence-electron chi connectivity index (χ4n) is 2.37. The molecule has 0 bridgehead atoms. The first-order chi connectivity index (χ1) is 11.2. The van der Waals surface area contributed by atoms with Crippen LogP contribution in [0.15, 0.2) is 42.5 Å². The molecule has 0 fully saturated rings. The molecule has 0 radical (unpaired) electrons. The molecule has 4 nitrogen and oxygen atoms in total. The summed E-state index contributed by atoms with van der Waals surface area (Å²) < 4.78 is 13.1. The minimum absolute atomic E-state index is 0.359. The van der Waals surface area contributed by atoms with Gasteiger partial charge < -0.3 is 14.0 Å². The number of aromatic nitrogens is 2. The van der Waals surface area contributed by atoms with Gasteiger partial charge in [0.1, 0.15) is 18.2 Å². The molecule has 0 amide bonds. The van der Waals surface area contributed by atoms with Crippen molar-refractivity contribution in [1.29, 1.82) is 0 Å². The maximum absolute atomic E-state index is 6.11. The predicted molar refractivity (Wildman–Crippen MR) is 92.4 cm³/mol. The van der Waals surface area contributed by atoms with Crippen molar-refractivity contribution in [3.05, 3.63) is 58.3 Å². The molecule has 0 N–H and O–H groups in total. The van der Waals surface area contributed by atoms with E-state index in [0.717, 1.165) is 22.6 Å². The molecule has 3 aromatic rings. The highest BCUT2D eigenvalue weighted by Gasteiger charge is 2.12. The van der Waals surface area contributed by atoms with Crippen molar-refractivity contribution in [2.24, 2.45) is 0 Å². The standard InChI is InChI=1S/C17H16Cl2N2O2/c1-22-9-8-21-16-10-13(19)4-7-15(16)20-17(21)11-23-14-5-2-12(18)3-6-14/h2-7,10H,8-9,11H2,1H3. The van der Waals surface area contributed by atoms with Crippen molar-refractivity contribution < 1.29 is 9.47 Å². The summed E-state index contributed by atoms with van der Waals surface area (Å²) in [4.78, 5) is 4.64. The van der Waals surface area contributed by atoms with Gasteiger partial charge in [-0.3, -0.25) is 0 Å². The van der Waals surface area contributed by atoms with Gasteiger partial charge in [0.05, 0.1) is 17.6 Å². The molecule has 0 aliphatic heterocycles. The molecular weight excluding hydrogens is 335 g/mol. The molecule has 3 rings (SSSR count). The number of imidazole rings is 1. The molecule has 1 aromatic heterocycles. The number of halogens is 2. The summed E-state index contributed by atoms with van der Waals surface area (Å²) in [5.41, 5.74) is 1.87. The minimum Gasteiger partial charge on any atom is -0.486 e. The van der Waals surface area contributed by atoms with Gasteiger partial charge in [-0.15, -0.1) is 0 Å². The molecular formula is C17H16Cl2N2O2. The Bertz CT molecular complexity index is 800. The van der Waals surface area contributed by atoms with E-state index in [2.05, 4.69) is 9.55 Å². The van der Waals surface area contributed by atoms with Crippen molar-refractivity contribution in [2.45, 2.75) is 13.2 Å². The van der Waals surface area contributed by atoms with Gasteiger partial charge in [0.25, 0.3) is 0 Å². The lowest BCUT2D eigenvalue weighted by molar-refractivity contribution is 0.185. The van der Waals surface area contributed by atoms with Gasteiger partial charge in [0.2, 0.25) is 0 Å². The van der Waals surface area contributed by atoms with Gasteiger partial charge in [0.15, 0.2) is 0 Å². The van der Waals surface area contributed by atoms with Gasteiger partial charge in [0, 0.05) is 23.7 Å². The van der Waals surface area contributed by atoms with Gasteiger partial charge >= 0.3 is 0 Å². The van der Waals surface area contributed by atoms with Crippen LogP contribution in [0, 0.1) is 0 Å². The molecule has 0 saturated carbocycles. The first-order valence-electron chi connectivity index (χ1n) is 7.19. The molecule has 6 heteroatoms. The lowest BCUT2D eigenvalue weighted by Gasteiger charge is -2.10. The van der Waals surface area contributed by atoms with Crippen LogP contribution in [0.5, 0.6) is 5.75 Å². The third-order valence-corrected chi connectivity index (χ3v) is 3.98. The Morgan fingerprint density at radius 2 is 1.78 bits per heavy atom. The second kappa shape index (κ2) is 7.21. The predicted octanol–water partition coefficient (Wildman–Crippen LogP) is 4.57. The summed E-state index contributed by atoms with van der Waals surface area (Å²) in [6.45, 7) is 1.64. The first-order valence-corrected chi connectivity index (χ1v) is 7.95. The largest absolute Gasteiger partial charge is 0.486 e. The minimum atomic E-state index is 0.359. The Morgan fingerprint density at radius 3 is 2.52 bits per heavy atom. The zero-order chi connectivity index (χ0) is 16.2. The summed E-state index contributed by atoms with van der Waals surface area (Å²) in [5.74, 6) is 1.58. The van der Waals surface area contributed by atoms with E-state index in [9.17, 15) is 0 Å². The van der Waals surface area contributed by atoms with Crippen LogP contribution in [0.1, 0.15) is 5.82 Å². The van der Waals surface area contributed by atoms with E-state index in [0.29, 0.717) is 29.8 Å². The number of hydrogen-bond donors (Lipinski definition) is 0. The number of benzene rings is 2. The van der Waals surface area contributed by atoms with Crippen LogP contribution >= 0.6 is 23.2 Å². The van der Waals surface area contributed by atoms with Crippen LogP contribution in [-0.4, -0.2) is 23.3 Å². The second-order valence-corrected chi connectivity index (χ2v) is 5.92. The van der Waals surface area contributed by atoms with Gasteiger partial charge in [-0.05, 0) is 42.5 Å². The fraction of sp³-hybridized carbons (Fsp3) is 0.235. The normalized spacial score (nSPS) is 11.1. The lowest BCUT2D eigenvalue weighted by Crippen LogP contribution is -2.10. The highest BCUT2D eigenvalue weighted by Crippen LogP contribution is 2.22. The SMILES string of the molecule is COCCn1c(COc2ccc(Cl)cc2)nc2ccc(Cl)cc21. The number of nitrogens with zero attached hydrogens (tertiary/aromatic N) is 2. The van der Waals surface area contributed by atoms with E-state index in [-0.39, 0.29) is 0 Å². The summed E-state index contributed by atoms with van der Waals surface area (Å²) in [6, 6.07) is 12.9. The van der Waals surface area contributed by atoms with Crippen LogP contribution < -0.4 is 4.74 Å². The first kappa shape index (κ1) is 16.1. The van der Waals surface area contributed by atoms with Crippen molar-refractivity contribution in [3.8, 4) is 5.75 Å². The quantitative estimate of drug-likeness (QED) is 0.653. The zero-order valence-electron chi connectivity index (χ0n) is 12.6. The van der Waals surface area contributed by atoms with Crippen molar-refractivity contribution in [1.82, 2.24) is 9.55 Å². The molecule has 0 atom stereocenters. The summed E-state index contributed by atoms with van der Waals surface area (Å²) in [6.07, 6.45) is 0. The third-order valence-electron chi connectivity index (χ3n) is 3.49. The second-order valence-electron chi connectivity index (χ2n) is 5.05. The highest BCUT2D eigenvalue weighted by molar-refractivity contribution is 6.31. The summed E-state index contributed by atoms with van der Waals surface area (Å²) in [5, 5.41) is 1.36. The van der Waals surface area contributed by atoms with Crippen molar-refractivity contribution >= 4 is 34.2 Å². The summed E-state index contributed by atoms with van der Waals surface area (Å²) in [7, 11) is 1.68. The van der Waals surface area contributed by atoms with Crippen LogP contribution in [-0.2, 0) is 17.9 Å². The molecule has 1 heterocycles. The Labute approximate surface area is 144 Å². The Morgan fingerprint density at radius 1 is 1.04 bits per heavy atom. The molecule has 120 valence electrons. The van der Waals surface area contributed by atoms with Crippen LogP contribution in [0.2, 0.25) is 10.0 Å². The number of methoxy groups -OCH3 is 1. The van der Waals surface area contributed by atoms with Gasteiger partial charge in [-0.1, -0.05) is 23.2 Å². The third kappa shape index (κ3) is 3.78. The van der Waals surface area contributed by atoms with E-state index in [4.69, 9.17) is 32.7 Å². The number of ether oxygens (including phenoxy) is 2. The Balaban J connectivity index is 1.87. The van der Waals surface area contributed by atoms with E-state index >= 15 is 0 Å². The van der Waals surface area contributed by atoms with Crippen LogP contribution in [0.3, 0.4) is 0 Å². The van der Waals surface area contributed by atoms with Crippen LogP contribution in [0.25, 0.3) is 11.0 Å². The fourth-order valence-corrected chi connectivity index (χ4v) is 2.66. The number of rotatable bonds is 6. The maximum Gasteiger partial charge on any atom is 0.148 e. The summed E-state index contributed by atoms with van der Waals surface area (Å²) >= 11 is 12.0. The molecule has 2 aromatic carbocycles. The van der Waals surface area contributed by atoms with E-state index in [1.807, 2.05) is 30.3 Å². The van der Waals surface area contributed by atoms with Gasteiger partial charge in [-0.25, -0.2) is 4.98 Å².